The van der Waals surface area contributed by atoms with E-state index in [0.717, 1.165) is 35.7 Å². The maximum atomic E-state index is 5.77. The first kappa shape index (κ1) is 15.9. The maximum absolute atomic E-state index is 5.77. The van der Waals surface area contributed by atoms with Crippen LogP contribution in [-0.2, 0) is 13.1 Å². The van der Waals surface area contributed by atoms with Crippen molar-refractivity contribution in [3.63, 3.8) is 0 Å². The lowest BCUT2D eigenvalue weighted by molar-refractivity contribution is 0.521. The van der Waals surface area contributed by atoms with Crippen LogP contribution in [0.15, 0.2) is 55.1 Å². The molecule has 0 spiro atoms. The molecule has 0 unspecified atom stereocenters. The van der Waals surface area contributed by atoms with Crippen LogP contribution in [0.1, 0.15) is 5.69 Å². The molecule has 0 fully saturated rings. The molecule has 2 N–H and O–H groups in total. The Hall–Kier alpha value is -3.55. The Morgan fingerprint density at radius 1 is 1.04 bits per heavy atom. The second-order valence-electron chi connectivity index (χ2n) is 5.95. The Balaban J connectivity index is 1.60. The van der Waals surface area contributed by atoms with Crippen LogP contribution in [-0.4, -0.2) is 34.5 Å². The fourth-order valence-electron chi connectivity index (χ4n) is 2.77. The van der Waals surface area contributed by atoms with Crippen molar-refractivity contribution in [2.45, 2.75) is 20.0 Å². The lowest BCUT2D eigenvalue weighted by Crippen LogP contribution is -2.08. The maximum Gasteiger partial charge on any atom is 0.161 e. The lowest BCUT2D eigenvalue weighted by atomic mass is 10.1. The van der Waals surface area contributed by atoms with Gasteiger partial charge in [0.15, 0.2) is 5.82 Å². The highest BCUT2D eigenvalue weighted by atomic mass is 15.4. The summed E-state index contributed by atoms with van der Waals surface area (Å²) < 4.78 is 3.92. The summed E-state index contributed by atoms with van der Waals surface area (Å²) in [6.07, 6.45) is 7.34. The molecule has 0 amide bonds. The summed E-state index contributed by atoms with van der Waals surface area (Å²) in [4.78, 5) is 13.1. The van der Waals surface area contributed by atoms with Gasteiger partial charge < -0.3 is 10.3 Å². The molecule has 130 valence electrons. The van der Waals surface area contributed by atoms with Crippen molar-refractivity contribution in [3.05, 3.63) is 60.8 Å². The van der Waals surface area contributed by atoms with Crippen LogP contribution in [0.3, 0.4) is 0 Å². The summed E-state index contributed by atoms with van der Waals surface area (Å²) in [5, 5.41) is 8.10. The first-order chi connectivity index (χ1) is 12.7. The van der Waals surface area contributed by atoms with E-state index in [2.05, 4.69) is 29.8 Å². The zero-order chi connectivity index (χ0) is 17.9. The highest BCUT2D eigenvalue weighted by Gasteiger charge is 2.09. The first-order valence-corrected chi connectivity index (χ1v) is 8.26. The topological polar surface area (TPSA) is 100 Å². The molecule has 0 bridgehead atoms. The number of anilines is 1. The van der Waals surface area contributed by atoms with E-state index in [0.29, 0.717) is 11.6 Å². The van der Waals surface area contributed by atoms with Crippen molar-refractivity contribution in [1.82, 2.24) is 34.5 Å². The zero-order valence-corrected chi connectivity index (χ0v) is 14.3. The van der Waals surface area contributed by atoms with Gasteiger partial charge in [-0.15, -0.1) is 5.10 Å². The van der Waals surface area contributed by atoms with Gasteiger partial charge in [0, 0.05) is 42.5 Å². The summed E-state index contributed by atoms with van der Waals surface area (Å²) in [7, 11) is 0. The number of aryl methyl sites for hydroxylation is 3. The van der Waals surface area contributed by atoms with Crippen molar-refractivity contribution in [2.75, 3.05) is 5.73 Å². The van der Waals surface area contributed by atoms with E-state index in [1.54, 1.807) is 18.5 Å². The molecule has 3 heterocycles. The van der Waals surface area contributed by atoms with Gasteiger partial charge in [-0.25, -0.2) is 15.0 Å². The number of nitrogens with two attached hydrogens (primary N) is 1. The Labute approximate surface area is 150 Å². The molecule has 8 nitrogen and oxygen atoms in total. The van der Waals surface area contributed by atoms with Crippen LogP contribution in [0.4, 0.5) is 5.82 Å². The number of benzene rings is 1. The normalized spacial score (nSPS) is 11.0. The van der Waals surface area contributed by atoms with Crippen LogP contribution in [0.25, 0.3) is 22.8 Å². The molecule has 4 aromatic rings. The van der Waals surface area contributed by atoms with E-state index in [9.17, 15) is 0 Å². The summed E-state index contributed by atoms with van der Waals surface area (Å²) in [6.45, 7) is 3.40. The average Bonchev–Trinajstić information content (AvgIpc) is 3.29. The van der Waals surface area contributed by atoms with Crippen LogP contribution in [0.2, 0.25) is 0 Å². The Morgan fingerprint density at radius 2 is 1.92 bits per heavy atom. The molecule has 0 saturated carbocycles. The van der Waals surface area contributed by atoms with E-state index >= 15 is 0 Å². The fourth-order valence-corrected chi connectivity index (χ4v) is 2.77. The second kappa shape index (κ2) is 6.75. The van der Waals surface area contributed by atoms with E-state index in [1.807, 2.05) is 48.3 Å². The Kier molecular flexibility index (Phi) is 4.14. The van der Waals surface area contributed by atoms with Gasteiger partial charge in [-0.3, -0.25) is 4.68 Å². The molecule has 26 heavy (non-hydrogen) atoms. The van der Waals surface area contributed by atoms with Crippen molar-refractivity contribution >= 4 is 5.82 Å². The second-order valence-corrected chi connectivity index (χ2v) is 5.95. The molecule has 0 aliphatic heterocycles. The average molecular weight is 346 g/mol. The molecule has 1 aromatic carbocycles. The molecule has 8 heteroatoms. The van der Waals surface area contributed by atoms with Gasteiger partial charge in [-0.2, -0.15) is 0 Å². The summed E-state index contributed by atoms with van der Waals surface area (Å²) in [6, 6.07) is 9.65. The van der Waals surface area contributed by atoms with E-state index in [1.165, 1.54) is 0 Å². The standard InChI is InChI=1S/C18H18N8/c1-13-12-26(24-23-13)10-9-25-8-7-21-18(25)15-4-2-3-14(11-15)17-20-6-5-16(19)22-17/h2-8,11-12H,9-10H2,1H3,(H2,19,20,22). The molecule has 0 atom stereocenters. The van der Waals surface area contributed by atoms with Crippen molar-refractivity contribution in [2.24, 2.45) is 0 Å². The van der Waals surface area contributed by atoms with Gasteiger partial charge in [-0.05, 0) is 19.1 Å². The zero-order valence-electron chi connectivity index (χ0n) is 14.3. The van der Waals surface area contributed by atoms with Crippen LogP contribution in [0, 0.1) is 6.92 Å². The first-order valence-electron chi connectivity index (χ1n) is 8.26. The van der Waals surface area contributed by atoms with Crippen LogP contribution < -0.4 is 5.73 Å². The van der Waals surface area contributed by atoms with Gasteiger partial charge in [0.1, 0.15) is 11.6 Å². The van der Waals surface area contributed by atoms with E-state index in [-0.39, 0.29) is 0 Å². The van der Waals surface area contributed by atoms with Gasteiger partial charge in [-0.1, -0.05) is 23.4 Å². The number of rotatable bonds is 5. The largest absolute Gasteiger partial charge is 0.384 e. The van der Waals surface area contributed by atoms with E-state index < -0.39 is 0 Å². The molecule has 3 aromatic heterocycles. The minimum Gasteiger partial charge on any atom is -0.384 e. The van der Waals surface area contributed by atoms with Gasteiger partial charge in [0.2, 0.25) is 0 Å². The molecule has 4 rings (SSSR count). The summed E-state index contributed by atoms with van der Waals surface area (Å²) in [5.41, 5.74) is 8.57. The fraction of sp³-hybridized carbons (Fsp3) is 0.167. The van der Waals surface area contributed by atoms with Crippen molar-refractivity contribution in [1.29, 1.82) is 0 Å². The highest BCUT2D eigenvalue weighted by Crippen LogP contribution is 2.23. The SMILES string of the molecule is Cc1cn(CCn2ccnc2-c2cccc(-c3nccc(N)n3)c2)nn1. The van der Waals surface area contributed by atoms with Crippen molar-refractivity contribution in [3.8, 4) is 22.8 Å². The Morgan fingerprint density at radius 3 is 2.73 bits per heavy atom. The van der Waals surface area contributed by atoms with Gasteiger partial charge in [0.05, 0.1) is 12.2 Å². The molecular weight excluding hydrogens is 328 g/mol. The van der Waals surface area contributed by atoms with Crippen molar-refractivity contribution < 1.29 is 0 Å². The monoisotopic (exact) mass is 346 g/mol. The number of hydrogen-bond donors (Lipinski definition) is 1. The Bertz CT molecular complexity index is 1030. The molecule has 0 saturated heterocycles. The lowest BCUT2D eigenvalue weighted by Gasteiger charge is -2.09. The number of imidazole rings is 1. The molecular formula is C18H18N8. The third-order valence-corrected chi connectivity index (χ3v) is 3.99. The molecule has 0 radical (unpaired) electrons. The van der Waals surface area contributed by atoms with Crippen LogP contribution >= 0.6 is 0 Å². The van der Waals surface area contributed by atoms with Gasteiger partial charge in [0.25, 0.3) is 0 Å². The number of nitrogen functional groups attached to an aromatic ring is 1. The third kappa shape index (κ3) is 3.30. The van der Waals surface area contributed by atoms with Crippen LogP contribution in [0.5, 0.6) is 0 Å². The summed E-state index contributed by atoms with van der Waals surface area (Å²) >= 11 is 0. The predicted molar refractivity (Wildman–Crippen MR) is 97.9 cm³/mol. The third-order valence-electron chi connectivity index (χ3n) is 3.99. The number of hydrogen-bond acceptors (Lipinski definition) is 6. The predicted octanol–water partition coefficient (Wildman–Crippen LogP) is 2.19. The quantitative estimate of drug-likeness (QED) is 0.594. The molecule has 0 aliphatic carbocycles. The minimum absolute atomic E-state index is 0.449. The molecule has 0 aliphatic rings. The highest BCUT2D eigenvalue weighted by molar-refractivity contribution is 5.66. The number of aromatic nitrogens is 7. The van der Waals surface area contributed by atoms with Gasteiger partial charge >= 0.3 is 0 Å². The van der Waals surface area contributed by atoms with E-state index in [4.69, 9.17) is 5.73 Å². The number of nitrogens with zero attached hydrogens (tertiary/aromatic N) is 7. The summed E-state index contributed by atoms with van der Waals surface area (Å²) in [5.74, 6) is 1.93. The smallest absolute Gasteiger partial charge is 0.161 e. The minimum atomic E-state index is 0.449.